The van der Waals surface area contributed by atoms with Gasteiger partial charge in [-0.1, -0.05) is 61.2 Å². The molecular formula is C22H25N5O2S. The van der Waals surface area contributed by atoms with E-state index in [0.29, 0.717) is 18.3 Å². The van der Waals surface area contributed by atoms with Crippen molar-refractivity contribution in [2.24, 2.45) is 0 Å². The number of carbonyl (C=O) groups excluding carboxylic acids is 1. The molecule has 8 heteroatoms. The summed E-state index contributed by atoms with van der Waals surface area (Å²) in [5.74, 6) is 1.52. The molecule has 4 rings (SSSR count). The van der Waals surface area contributed by atoms with E-state index in [1.807, 2.05) is 73.1 Å². The van der Waals surface area contributed by atoms with Gasteiger partial charge in [0.2, 0.25) is 11.1 Å². The molecule has 0 aliphatic carbocycles. The number of thioether (sulfide) groups is 1. The minimum Gasteiger partial charge on any atom is -0.494 e. The number of ether oxygens (including phenoxy) is 1. The standard InChI is InChI=1S/C22H25N5O2S/c1-3-14-23-21(28)19-18(15-10-12-17(13-11-15)29-4-2)26-27-20(24-25-22(27)30-19)16-8-6-5-7-9-16/h5-13,18-19,26H,3-4,14H2,1-2H3,(H,23,28)/t18-,19+/m0/s1. The Bertz CT molecular complexity index is 991. The van der Waals surface area contributed by atoms with Crippen LogP contribution in [0, 0.1) is 0 Å². The number of rotatable bonds is 7. The lowest BCUT2D eigenvalue weighted by molar-refractivity contribution is -0.120. The highest BCUT2D eigenvalue weighted by molar-refractivity contribution is 8.00. The first kappa shape index (κ1) is 20.3. The van der Waals surface area contributed by atoms with Gasteiger partial charge in [0.25, 0.3) is 0 Å². The van der Waals surface area contributed by atoms with E-state index in [9.17, 15) is 4.79 Å². The van der Waals surface area contributed by atoms with E-state index >= 15 is 0 Å². The Morgan fingerprint density at radius 1 is 1.13 bits per heavy atom. The van der Waals surface area contributed by atoms with E-state index in [-0.39, 0.29) is 17.2 Å². The second-order valence-corrected chi connectivity index (χ2v) is 8.05. The molecule has 0 saturated carbocycles. The predicted octanol–water partition coefficient (Wildman–Crippen LogP) is 3.63. The summed E-state index contributed by atoms with van der Waals surface area (Å²) in [6, 6.07) is 17.5. The lowest BCUT2D eigenvalue weighted by atomic mass is 10.0. The molecule has 2 aromatic carbocycles. The summed E-state index contributed by atoms with van der Waals surface area (Å²) in [6.45, 7) is 5.26. The molecule has 1 aromatic heterocycles. The molecule has 0 radical (unpaired) electrons. The molecule has 0 spiro atoms. The highest BCUT2D eigenvalue weighted by atomic mass is 32.2. The first-order chi connectivity index (χ1) is 14.7. The number of nitrogens with zero attached hydrogens (tertiary/aromatic N) is 3. The maximum absolute atomic E-state index is 12.9. The molecule has 7 nitrogen and oxygen atoms in total. The van der Waals surface area contributed by atoms with Gasteiger partial charge in [0.15, 0.2) is 5.82 Å². The third-order valence-corrected chi connectivity index (χ3v) is 6.04. The number of amides is 1. The van der Waals surface area contributed by atoms with Crippen LogP contribution in [0.5, 0.6) is 5.75 Å². The highest BCUT2D eigenvalue weighted by Crippen LogP contribution is 2.38. The predicted molar refractivity (Wildman–Crippen MR) is 118 cm³/mol. The first-order valence-corrected chi connectivity index (χ1v) is 11.0. The fourth-order valence-electron chi connectivity index (χ4n) is 3.37. The van der Waals surface area contributed by atoms with E-state index in [1.165, 1.54) is 11.8 Å². The molecule has 30 heavy (non-hydrogen) atoms. The van der Waals surface area contributed by atoms with Gasteiger partial charge in [-0.3, -0.25) is 4.79 Å². The van der Waals surface area contributed by atoms with E-state index in [1.54, 1.807) is 0 Å². The maximum atomic E-state index is 12.9. The van der Waals surface area contributed by atoms with Gasteiger partial charge in [0.05, 0.1) is 12.6 Å². The van der Waals surface area contributed by atoms with Gasteiger partial charge in [-0.15, -0.1) is 10.2 Å². The molecule has 0 fully saturated rings. The van der Waals surface area contributed by atoms with Gasteiger partial charge >= 0.3 is 0 Å². The highest BCUT2D eigenvalue weighted by Gasteiger charge is 2.37. The third-order valence-electron chi connectivity index (χ3n) is 4.83. The Kier molecular flexibility index (Phi) is 6.23. The Morgan fingerprint density at radius 3 is 2.60 bits per heavy atom. The Morgan fingerprint density at radius 2 is 1.90 bits per heavy atom. The van der Waals surface area contributed by atoms with Crippen molar-refractivity contribution >= 4 is 17.7 Å². The monoisotopic (exact) mass is 423 g/mol. The summed E-state index contributed by atoms with van der Waals surface area (Å²) < 4.78 is 7.45. The quantitative estimate of drug-likeness (QED) is 0.604. The van der Waals surface area contributed by atoms with Crippen LogP contribution in [0.15, 0.2) is 59.8 Å². The van der Waals surface area contributed by atoms with Crippen molar-refractivity contribution in [3.8, 4) is 17.1 Å². The van der Waals surface area contributed by atoms with Crippen LogP contribution in [-0.2, 0) is 4.79 Å². The van der Waals surface area contributed by atoms with Crippen LogP contribution in [-0.4, -0.2) is 39.2 Å². The van der Waals surface area contributed by atoms with Crippen LogP contribution in [0.4, 0.5) is 0 Å². The van der Waals surface area contributed by atoms with Crippen molar-refractivity contribution < 1.29 is 9.53 Å². The molecule has 2 heterocycles. The fourth-order valence-corrected chi connectivity index (χ4v) is 4.47. The number of hydrogen-bond acceptors (Lipinski definition) is 6. The van der Waals surface area contributed by atoms with E-state index in [4.69, 9.17) is 4.74 Å². The van der Waals surface area contributed by atoms with Crippen LogP contribution in [0.25, 0.3) is 11.4 Å². The molecule has 0 unspecified atom stereocenters. The summed E-state index contributed by atoms with van der Waals surface area (Å²) >= 11 is 1.43. The first-order valence-electron chi connectivity index (χ1n) is 10.2. The molecule has 2 atom stereocenters. The zero-order valence-corrected chi connectivity index (χ0v) is 17.9. The second-order valence-electron chi connectivity index (χ2n) is 6.95. The minimum atomic E-state index is -0.366. The van der Waals surface area contributed by atoms with Crippen LogP contribution in [0.3, 0.4) is 0 Å². The smallest absolute Gasteiger partial charge is 0.236 e. The van der Waals surface area contributed by atoms with Gasteiger partial charge in [-0.05, 0) is 31.0 Å². The third kappa shape index (κ3) is 4.14. The van der Waals surface area contributed by atoms with E-state index in [2.05, 4.69) is 20.9 Å². The number of fused-ring (bicyclic) bond motifs is 1. The molecule has 1 aliphatic heterocycles. The second kappa shape index (κ2) is 9.21. The molecule has 2 N–H and O–H groups in total. The normalized spacial score (nSPS) is 17.7. The Balaban J connectivity index is 1.69. The number of hydrogen-bond donors (Lipinski definition) is 2. The number of aromatic nitrogens is 3. The van der Waals surface area contributed by atoms with Crippen molar-refractivity contribution in [3.05, 3.63) is 60.2 Å². The van der Waals surface area contributed by atoms with Gasteiger partial charge in [-0.2, -0.15) is 0 Å². The van der Waals surface area contributed by atoms with E-state index in [0.717, 1.165) is 29.1 Å². The zero-order chi connectivity index (χ0) is 20.9. The van der Waals surface area contributed by atoms with Gasteiger partial charge in [0.1, 0.15) is 11.0 Å². The number of benzene rings is 2. The topological polar surface area (TPSA) is 81.1 Å². The van der Waals surface area contributed by atoms with Crippen LogP contribution < -0.4 is 15.5 Å². The number of carbonyl (C=O) groups is 1. The average Bonchev–Trinajstić information content (AvgIpc) is 3.21. The van der Waals surface area contributed by atoms with Crippen molar-refractivity contribution in [2.45, 2.75) is 36.7 Å². The van der Waals surface area contributed by atoms with Crippen molar-refractivity contribution in [2.75, 3.05) is 18.6 Å². The Labute approximate surface area is 180 Å². The molecule has 1 amide bonds. The average molecular weight is 424 g/mol. The summed E-state index contributed by atoms with van der Waals surface area (Å²) in [5, 5.41) is 12.0. The molecule has 3 aromatic rings. The van der Waals surface area contributed by atoms with Gasteiger partial charge in [0, 0.05) is 12.1 Å². The Hall–Kier alpha value is -3.00. The maximum Gasteiger partial charge on any atom is 0.236 e. The van der Waals surface area contributed by atoms with Crippen LogP contribution in [0.2, 0.25) is 0 Å². The summed E-state index contributed by atoms with van der Waals surface area (Å²) in [4.78, 5) is 12.9. The zero-order valence-electron chi connectivity index (χ0n) is 17.0. The molecule has 0 saturated heterocycles. The molecular weight excluding hydrogens is 398 g/mol. The summed E-state index contributed by atoms with van der Waals surface area (Å²) in [6.07, 6.45) is 0.888. The molecule has 156 valence electrons. The molecule has 0 bridgehead atoms. The van der Waals surface area contributed by atoms with Gasteiger partial charge in [-0.25, -0.2) is 4.68 Å². The summed E-state index contributed by atoms with van der Waals surface area (Å²) in [5.41, 5.74) is 5.45. The van der Waals surface area contributed by atoms with E-state index < -0.39 is 0 Å². The molecule has 1 aliphatic rings. The lowest BCUT2D eigenvalue weighted by Crippen LogP contribution is -2.44. The van der Waals surface area contributed by atoms with Crippen LogP contribution >= 0.6 is 11.8 Å². The van der Waals surface area contributed by atoms with Gasteiger partial charge < -0.3 is 15.5 Å². The lowest BCUT2D eigenvalue weighted by Gasteiger charge is -2.33. The fraction of sp³-hybridized carbons (Fsp3) is 0.318. The SMILES string of the molecule is CCCNC(=O)[C@@H]1Sc2nnc(-c3ccccc3)n2N[C@H]1c1ccc(OCC)cc1. The number of nitrogens with one attached hydrogen (secondary N) is 2. The van der Waals surface area contributed by atoms with Crippen LogP contribution in [0.1, 0.15) is 31.9 Å². The largest absolute Gasteiger partial charge is 0.494 e. The summed E-state index contributed by atoms with van der Waals surface area (Å²) in [7, 11) is 0. The van der Waals surface area contributed by atoms with Crippen molar-refractivity contribution in [1.82, 2.24) is 20.2 Å². The van der Waals surface area contributed by atoms with Crippen molar-refractivity contribution in [3.63, 3.8) is 0 Å². The minimum absolute atomic E-state index is 0.0104. The van der Waals surface area contributed by atoms with Crippen molar-refractivity contribution in [1.29, 1.82) is 0 Å².